The number of halogens is 2. The van der Waals surface area contributed by atoms with Crippen LogP contribution < -0.4 is 14.8 Å². The molecule has 3 rings (SSSR count). The summed E-state index contributed by atoms with van der Waals surface area (Å²) in [5.41, 5.74) is 3.31. The number of carbonyl (C=O) groups excluding carboxylic acids is 1. The predicted molar refractivity (Wildman–Crippen MR) is 143 cm³/mol. The Morgan fingerprint density at radius 2 is 1.84 bits per heavy atom. The van der Waals surface area contributed by atoms with E-state index >= 15 is 0 Å². The molecule has 0 bridgehead atoms. The summed E-state index contributed by atoms with van der Waals surface area (Å²) in [6.45, 7) is 2.30. The first-order valence-electron chi connectivity index (χ1n) is 9.65. The van der Waals surface area contributed by atoms with Crippen molar-refractivity contribution in [3.63, 3.8) is 0 Å². The first kappa shape index (κ1) is 24.1. The summed E-state index contributed by atoms with van der Waals surface area (Å²) in [5.74, 6) is 0.687. The number of nitrogens with zero attached hydrogens (tertiary/aromatic N) is 1. The lowest BCUT2D eigenvalue weighted by molar-refractivity contribution is -0.112. The van der Waals surface area contributed by atoms with Crippen LogP contribution in [0.2, 0.25) is 0 Å². The lowest BCUT2D eigenvalue weighted by atomic mass is 10.1. The number of ether oxygens (including phenoxy) is 2. The van der Waals surface area contributed by atoms with E-state index in [-0.39, 0.29) is 5.57 Å². The standard InChI is InChI=1S/C25H20I2N2O3/c1-16-5-3-4-6-22(16)29-25(30)19(14-28)11-18-12-21(27)24(23(13-18)31-2)32-15-17-7-9-20(26)10-8-17/h3-13H,15H2,1-2H3,(H,29,30)/b19-11-. The number of rotatable bonds is 7. The molecule has 0 aliphatic carbocycles. The summed E-state index contributed by atoms with van der Waals surface area (Å²) >= 11 is 4.43. The van der Waals surface area contributed by atoms with Gasteiger partial charge in [-0.05, 0) is 105 Å². The maximum atomic E-state index is 12.6. The molecule has 5 nitrogen and oxygen atoms in total. The number of anilines is 1. The number of amides is 1. The second-order valence-corrected chi connectivity index (χ2v) is 9.30. The largest absolute Gasteiger partial charge is 0.493 e. The molecule has 3 aromatic carbocycles. The van der Waals surface area contributed by atoms with E-state index < -0.39 is 5.91 Å². The molecule has 0 saturated carbocycles. The molecule has 0 atom stereocenters. The molecule has 0 aliphatic heterocycles. The molecule has 1 amide bonds. The van der Waals surface area contributed by atoms with Crippen molar-refractivity contribution in [2.75, 3.05) is 12.4 Å². The fourth-order valence-corrected chi connectivity index (χ4v) is 4.06. The van der Waals surface area contributed by atoms with E-state index in [1.807, 2.05) is 61.5 Å². The lowest BCUT2D eigenvalue weighted by Crippen LogP contribution is -2.14. The second-order valence-electron chi connectivity index (χ2n) is 6.89. The van der Waals surface area contributed by atoms with Crippen LogP contribution in [0.5, 0.6) is 11.5 Å². The zero-order valence-electron chi connectivity index (χ0n) is 17.5. The van der Waals surface area contributed by atoms with Gasteiger partial charge in [-0.1, -0.05) is 30.3 Å². The molecule has 32 heavy (non-hydrogen) atoms. The van der Waals surface area contributed by atoms with Gasteiger partial charge < -0.3 is 14.8 Å². The van der Waals surface area contributed by atoms with Gasteiger partial charge in [0.25, 0.3) is 5.91 Å². The molecule has 162 valence electrons. The van der Waals surface area contributed by atoms with Crippen molar-refractivity contribution >= 4 is 62.9 Å². The number of nitrogens with one attached hydrogen (secondary N) is 1. The van der Waals surface area contributed by atoms with Crippen LogP contribution in [-0.2, 0) is 11.4 Å². The van der Waals surface area contributed by atoms with Crippen molar-refractivity contribution in [3.8, 4) is 17.6 Å². The van der Waals surface area contributed by atoms with Crippen molar-refractivity contribution < 1.29 is 14.3 Å². The molecule has 0 saturated heterocycles. The summed E-state index contributed by atoms with van der Waals surface area (Å²) in [7, 11) is 1.56. The highest BCUT2D eigenvalue weighted by molar-refractivity contribution is 14.1. The zero-order valence-corrected chi connectivity index (χ0v) is 21.8. The molecule has 1 N–H and O–H groups in total. The van der Waals surface area contributed by atoms with Gasteiger partial charge in [0.05, 0.1) is 10.7 Å². The van der Waals surface area contributed by atoms with Gasteiger partial charge in [0.2, 0.25) is 0 Å². The number of hydrogen-bond donors (Lipinski definition) is 1. The van der Waals surface area contributed by atoms with Gasteiger partial charge in [-0.3, -0.25) is 4.79 Å². The fourth-order valence-electron chi connectivity index (χ4n) is 2.92. The Morgan fingerprint density at radius 3 is 2.50 bits per heavy atom. The molecule has 0 radical (unpaired) electrons. The number of hydrogen-bond acceptors (Lipinski definition) is 4. The Bertz CT molecular complexity index is 1200. The molecule has 7 heteroatoms. The second kappa shape index (κ2) is 11.3. The minimum atomic E-state index is -0.463. The third-order valence-electron chi connectivity index (χ3n) is 4.62. The number of benzene rings is 3. The average molecular weight is 650 g/mol. The van der Waals surface area contributed by atoms with Crippen LogP contribution in [0.15, 0.2) is 66.2 Å². The maximum absolute atomic E-state index is 12.6. The quantitative estimate of drug-likeness (QED) is 0.184. The van der Waals surface area contributed by atoms with Crippen LogP contribution in [0, 0.1) is 25.4 Å². The smallest absolute Gasteiger partial charge is 0.266 e. The summed E-state index contributed by atoms with van der Waals surface area (Å²) in [6.07, 6.45) is 1.54. The average Bonchev–Trinajstić information content (AvgIpc) is 2.79. The summed E-state index contributed by atoms with van der Waals surface area (Å²) in [5, 5.41) is 12.3. The first-order valence-corrected chi connectivity index (χ1v) is 11.8. The molecule has 0 fully saturated rings. The van der Waals surface area contributed by atoms with E-state index in [0.29, 0.717) is 29.4 Å². The third kappa shape index (κ3) is 6.23. The van der Waals surface area contributed by atoms with Gasteiger partial charge in [-0.15, -0.1) is 0 Å². The van der Waals surface area contributed by atoms with Gasteiger partial charge in [-0.2, -0.15) is 5.26 Å². The highest BCUT2D eigenvalue weighted by atomic mass is 127. The maximum Gasteiger partial charge on any atom is 0.266 e. The van der Waals surface area contributed by atoms with Crippen molar-refractivity contribution in [1.29, 1.82) is 5.26 Å². The van der Waals surface area contributed by atoms with Crippen molar-refractivity contribution in [3.05, 3.63) is 90.1 Å². The van der Waals surface area contributed by atoms with Crippen LogP contribution in [0.4, 0.5) is 5.69 Å². The van der Waals surface area contributed by atoms with Gasteiger partial charge in [0.1, 0.15) is 18.2 Å². The Hall–Kier alpha value is -2.58. The highest BCUT2D eigenvalue weighted by Crippen LogP contribution is 2.35. The number of aryl methyl sites for hydroxylation is 1. The minimum absolute atomic E-state index is 0.00124. The molecule has 0 unspecified atom stereocenters. The predicted octanol–water partition coefficient (Wildman–Crippen LogP) is 6.34. The minimum Gasteiger partial charge on any atom is -0.493 e. The van der Waals surface area contributed by atoms with Gasteiger partial charge in [0.15, 0.2) is 11.5 Å². The van der Waals surface area contributed by atoms with E-state index in [1.165, 1.54) is 0 Å². The SMILES string of the molecule is COc1cc(/C=C(/C#N)C(=O)Nc2ccccc2C)cc(I)c1OCc1ccc(I)cc1. The first-order chi connectivity index (χ1) is 15.4. The Labute approximate surface area is 214 Å². The molecular weight excluding hydrogens is 630 g/mol. The Morgan fingerprint density at radius 1 is 1.12 bits per heavy atom. The van der Waals surface area contributed by atoms with E-state index in [2.05, 4.69) is 50.5 Å². The zero-order chi connectivity index (χ0) is 23.1. The van der Waals surface area contributed by atoms with Crippen molar-refractivity contribution in [1.82, 2.24) is 0 Å². The highest BCUT2D eigenvalue weighted by Gasteiger charge is 2.15. The van der Waals surface area contributed by atoms with Crippen LogP contribution in [0.3, 0.4) is 0 Å². The van der Waals surface area contributed by atoms with Gasteiger partial charge >= 0.3 is 0 Å². The van der Waals surface area contributed by atoms with Crippen molar-refractivity contribution in [2.45, 2.75) is 13.5 Å². The molecular formula is C25H20I2N2O3. The topological polar surface area (TPSA) is 71.3 Å². The normalized spacial score (nSPS) is 10.9. The van der Waals surface area contributed by atoms with E-state index in [0.717, 1.165) is 18.3 Å². The number of methoxy groups -OCH3 is 1. The molecule has 3 aromatic rings. The number of para-hydroxylation sites is 1. The molecule has 0 spiro atoms. The summed E-state index contributed by atoms with van der Waals surface area (Å²) < 4.78 is 13.5. The Kier molecular flexibility index (Phi) is 8.53. The van der Waals surface area contributed by atoms with Gasteiger partial charge in [-0.25, -0.2) is 0 Å². The molecule has 0 heterocycles. The van der Waals surface area contributed by atoms with Crippen LogP contribution in [0.1, 0.15) is 16.7 Å². The van der Waals surface area contributed by atoms with Crippen LogP contribution in [0.25, 0.3) is 6.08 Å². The van der Waals surface area contributed by atoms with Crippen LogP contribution >= 0.6 is 45.2 Å². The fraction of sp³-hybridized carbons (Fsp3) is 0.120. The van der Waals surface area contributed by atoms with E-state index in [9.17, 15) is 10.1 Å². The summed E-state index contributed by atoms with van der Waals surface area (Å²) in [6, 6.07) is 21.1. The molecule has 0 aromatic heterocycles. The number of carbonyl (C=O) groups is 1. The number of nitriles is 1. The van der Waals surface area contributed by atoms with Gasteiger partial charge in [0, 0.05) is 9.26 Å². The van der Waals surface area contributed by atoms with Crippen molar-refractivity contribution in [2.24, 2.45) is 0 Å². The molecule has 0 aliphatic rings. The third-order valence-corrected chi connectivity index (χ3v) is 6.14. The van der Waals surface area contributed by atoms with E-state index in [4.69, 9.17) is 9.47 Å². The summed E-state index contributed by atoms with van der Waals surface area (Å²) in [4.78, 5) is 12.6. The lowest BCUT2D eigenvalue weighted by Gasteiger charge is -2.14. The Balaban J connectivity index is 1.82. The van der Waals surface area contributed by atoms with Crippen LogP contribution in [-0.4, -0.2) is 13.0 Å². The monoisotopic (exact) mass is 650 g/mol. The van der Waals surface area contributed by atoms with E-state index in [1.54, 1.807) is 25.3 Å².